The Kier molecular flexibility index (Phi) is 4.66. The Bertz CT molecular complexity index is 704. The Hall–Kier alpha value is -2.37. The first kappa shape index (κ1) is 17.1. The summed E-state index contributed by atoms with van der Waals surface area (Å²) < 4.78 is 0. The number of nitrogens with zero attached hydrogens (tertiary/aromatic N) is 3. The molecule has 26 heavy (non-hydrogen) atoms. The Balaban J connectivity index is 1.45. The lowest BCUT2D eigenvalue weighted by Crippen LogP contribution is -2.53. The lowest BCUT2D eigenvalue weighted by Gasteiger charge is -2.44. The van der Waals surface area contributed by atoms with Crippen LogP contribution in [0.1, 0.15) is 38.5 Å². The number of benzene rings is 1. The Morgan fingerprint density at radius 2 is 1.73 bits per heavy atom. The number of urea groups is 1. The van der Waals surface area contributed by atoms with E-state index in [1.807, 2.05) is 23.1 Å². The molecule has 4 amide bonds. The number of imide groups is 1. The molecule has 2 aliphatic heterocycles. The van der Waals surface area contributed by atoms with Gasteiger partial charge in [0.2, 0.25) is 5.91 Å². The Morgan fingerprint density at radius 3 is 2.54 bits per heavy atom. The average molecular weight is 355 g/mol. The van der Waals surface area contributed by atoms with Gasteiger partial charge >= 0.3 is 6.03 Å². The summed E-state index contributed by atoms with van der Waals surface area (Å²) in [6, 6.07) is 9.02. The van der Waals surface area contributed by atoms with E-state index in [4.69, 9.17) is 0 Å². The van der Waals surface area contributed by atoms with E-state index in [2.05, 4.69) is 0 Å². The summed E-state index contributed by atoms with van der Waals surface area (Å²) in [6.45, 7) is 0.616. The zero-order valence-corrected chi connectivity index (χ0v) is 15.0. The van der Waals surface area contributed by atoms with Crippen molar-refractivity contribution in [3.63, 3.8) is 0 Å². The van der Waals surface area contributed by atoms with Crippen LogP contribution in [0.5, 0.6) is 0 Å². The molecule has 0 spiro atoms. The van der Waals surface area contributed by atoms with Crippen molar-refractivity contribution in [2.45, 2.75) is 44.6 Å². The molecule has 3 aliphatic rings. The number of hydrogen-bond donors (Lipinski definition) is 0. The number of para-hydroxylation sites is 1. The van der Waals surface area contributed by atoms with Gasteiger partial charge in [0.15, 0.2) is 0 Å². The maximum Gasteiger partial charge on any atom is 0.332 e. The van der Waals surface area contributed by atoms with Crippen LogP contribution in [0.3, 0.4) is 0 Å². The van der Waals surface area contributed by atoms with Gasteiger partial charge in [-0.1, -0.05) is 31.0 Å². The minimum atomic E-state index is -0.397. The number of rotatable bonds is 3. The van der Waals surface area contributed by atoms with Gasteiger partial charge in [-0.25, -0.2) is 4.79 Å². The molecule has 2 saturated heterocycles. The highest BCUT2D eigenvalue weighted by Gasteiger charge is 2.41. The van der Waals surface area contributed by atoms with Gasteiger partial charge in [0, 0.05) is 18.3 Å². The summed E-state index contributed by atoms with van der Waals surface area (Å²) in [4.78, 5) is 42.4. The molecule has 6 heteroatoms. The third kappa shape index (κ3) is 3.08. The number of carbonyl (C=O) groups is 3. The third-order valence-electron chi connectivity index (χ3n) is 5.98. The van der Waals surface area contributed by atoms with Crippen LogP contribution in [0.15, 0.2) is 30.3 Å². The highest BCUT2D eigenvalue weighted by Crippen LogP contribution is 2.35. The highest BCUT2D eigenvalue weighted by atomic mass is 16.2. The number of likely N-dealkylation sites (tertiary alicyclic amines) is 1. The summed E-state index contributed by atoms with van der Waals surface area (Å²) in [5, 5.41) is 0. The standard InChI is InChI=1S/C20H25N3O3/c24-18(21-12-6-8-15-7-4-5-11-17(15)21)14-23-19(25)13-22(20(23)26)16-9-2-1-3-10-16/h1-3,9-10,15,17H,4-8,11-14H2. The predicted molar refractivity (Wildman–Crippen MR) is 97.6 cm³/mol. The number of amides is 4. The minimum Gasteiger partial charge on any atom is -0.338 e. The lowest BCUT2D eigenvalue weighted by atomic mass is 9.78. The van der Waals surface area contributed by atoms with Crippen molar-refractivity contribution in [1.29, 1.82) is 0 Å². The van der Waals surface area contributed by atoms with Gasteiger partial charge in [-0.3, -0.25) is 19.4 Å². The van der Waals surface area contributed by atoms with E-state index in [1.54, 1.807) is 12.1 Å². The molecule has 1 aromatic carbocycles. The van der Waals surface area contributed by atoms with E-state index in [1.165, 1.54) is 24.2 Å². The molecule has 2 heterocycles. The summed E-state index contributed by atoms with van der Waals surface area (Å²) in [5.41, 5.74) is 0.686. The number of fused-ring (bicyclic) bond motifs is 1. The fraction of sp³-hybridized carbons (Fsp3) is 0.550. The first-order valence-corrected chi connectivity index (χ1v) is 9.61. The summed E-state index contributed by atoms with van der Waals surface area (Å²) in [7, 11) is 0. The molecular formula is C20H25N3O3. The van der Waals surface area contributed by atoms with Crippen LogP contribution in [0.25, 0.3) is 0 Å². The minimum absolute atomic E-state index is 0.00216. The second kappa shape index (κ2) is 7.09. The van der Waals surface area contributed by atoms with Crippen molar-refractivity contribution in [3.8, 4) is 0 Å². The largest absolute Gasteiger partial charge is 0.338 e. The molecule has 0 bridgehead atoms. The molecule has 1 aromatic rings. The Morgan fingerprint density at radius 1 is 1.00 bits per heavy atom. The molecule has 3 fully saturated rings. The van der Waals surface area contributed by atoms with Crippen molar-refractivity contribution in [3.05, 3.63) is 30.3 Å². The maximum absolute atomic E-state index is 12.9. The van der Waals surface area contributed by atoms with Crippen LogP contribution in [-0.2, 0) is 9.59 Å². The number of carbonyl (C=O) groups excluding carboxylic acids is 3. The van der Waals surface area contributed by atoms with Crippen LogP contribution < -0.4 is 4.90 Å². The zero-order valence-electron chi connectivity index (χ0n) is 15.0. The molecule has 6 nitrogen and oxygen atoms in total. The van der Waals surface area contributed by atoms with Crippen LogP contribution in [0.4, 0.5) is 10.5 Å². The second-order valence-electron chi connectivity index (χ2n) is 7.53. The molecule has 138 valence electrons. The normalized spacial score (nSPS) is 26.2. The lowest BCUT2D eigenvalue weighted by molar-refractivity contribution is -0.141. The van der Waals surface area contributed by atoms with Crippen LogP contribution in [0, 0.1) is 5.92 Å². The van der Waals surface area contributed by atoms with Crippen molar-refractivity contribution < 1.29 is 14.4 Å². The molecule has 2 atom stereocenters. The van der Waals surface area contributed by atoms with Crippen molar-refractivity contribution >= 4 is 23.5 Å². The first-order chi connectivity index (χ1) is 12.6. The molecule has 2 unspecified atom stereocenters. The van der Waals surface area contributed by atoms with E-state index < -0.39 is 6.03 Å². The fourth-order valence-corrected chi connectivity index (χ4v) is 4.67. The number of hydrogen-bond acceptors (Lipinski definition) is 3. The quantitative estimate of drug-likeness (QED) is 0.783. The smallest absolute Gasteiger partial charge is 0.332 e. The molecule has 1 saturated carbocycles. The monoisotopic (exact) mass is 355 g/mol. The summed E-state index contributed by atoms with van der Waals surface area (Å²) in [5.74, 6) is 0.204. The number of piperidine rings is 1. The maximum atomic E-state index is 12.9. The van der Waals surface area contributed by atoms with Crippen molar-refractivity contribution in [1.82, 2.24) is 9.80 Å². The van der Waals surface area contributed by atoms with Gasteiger partial charge in [0.25, 0.3) is 5.91 Å². The van der Waals surface area contributed by atoms with E-state index in [0.29, 0.717) is 17.6 Å². The molecule has 0 radical (unpaired) electrons. The molecule has 0 N–H and O–H groups in total. The van der Waals surface area contributed by atoms with E-state index in [9.17, 15) is 14.4 Å². The summed E-state index contributed by atoms with van der Waals surface area (Å²) >= 11 is 0. The van der Waals surface area contributed by atoms with E-state index >= 15 is 0 Å². The topological polar surface area (TPSA) is 60.9 Å². The highest BCUT2D eigenvalue weighted by molar-refractivity contribution is 6.13. The molecule has 0 aromatic heterocycles. The van der Waals surface area contributed by atoms with Gasteiger partial charge in [-0.15, -0.1) is 0 Å². The second-order valence-corrected chi connectivity index (χ2v) is 7.53. The van der Waals surface area contributed by atoms with Crippen molar-refractivity contribution in [2.75, 3.05) is 24.5 Å². The third-order valence-corrected chi connectivity index (χ3v) is 5.98. The van der Waals surface area contributed by atoms with Gasteiger partial charge in [0.05, 0.1) is 0 Å². The summed E-state index contributed by atoms with van der Waals surface area (Å²) in [6.07, 6.45) is 6.86. The van der Waals surface area contributed by atoms with E-state index in [-0.39, 0.29) is 24.9 Å². The molecule has 1 aliphatic carbocycles. The van der Waals surface area contributed by atoms with Gasteiger partial charge in [-0.2, -0.15) is 0 Å². The van der Waals surface area contributed by atoms with Crippen molar-refractivity contribution in [2.24, 2.45) is 5.92 Å². The van der Waals surface area contributed by atoms with Gasteiger partial charge in [-0.05, 0) is 43.7 Å². The fourth-order valence-electron chi connectivity index (χ4n) is 4.67. The van der Waals surface area contributed by atoms with Crippen LogP contribution in [0.2, 0.25) is 0 Å². The van der Waals surface area contributed by atoms with Gasteiger partial charge < -0.3 is 4.90 Å². The SMILES string of the molecule is O=C1CN(c2ccccc2)C(=O)N1CC(=O)N1CCCC2CCCCC21. The molecular weight excluding hydrogens is 330 g/mol. The average Bonchev–Trinajstić information content (AvgIpc) is 2.96. The molecule has 4 rings (SSSR count). The van der Waals surface area contributed by atoms with Gasteiger partial charge in [0.1, 0.15) is 13.1 Å². The Labute approximate surface area is 153 Å². The zero-order chi connectivity index (χ0) is 18.1. The van der Waals surface area contributed by atoms with Crippen LogP contribution in [-0.4, -0.2) is 53.3 Å². The van der Waals surface area contributed by atoms with E-state index in [0.717, 1.165) is 30.7 Å². The van der Waals surface area contributed by atoms with Crippen LogP contribution >= 0.6 is 0 Å². The number of anilines is 1. The predicted octanol–water partition coefficient (Wildman–Crippen LogP) is 2.64. The first-order valence-electron chi connectivity index (χ1n) is 9.61.